The van der Waals surface area contributed by atoms with Gasteiger partial charge < -0.3 is 5.11 Å². The molecule has 0 rings (SSSR count). The van der Waals surface area contributed by atoms with Crippen LogP contribution in [0.4, 0.5) is 13.2 Å². The highest BCUT2D eigenvalue weighted by atomic mass is 19.4. The molecule has 1 N–H and O–H groups in total. The molecule has 2 unspecified atom stereocenters. The lowest BCUT2D eigenvalue weighted by Gasteiger charge is -2.26. The first-order valence-corrected chi connectivity index (χ1v) is 3.98. The summed E-state index contributed by atoms with van der Waals surface area (Å²) in [4.78, 5) is 11.1. The number of carbonyl (C=O) groups is 1. The second-order valence-corrected chi connectivity index (χ2v) is 3.24. The van der Waals surface area contributed by atoms with Gasteiger partial charge in [-0.05, 0) is 13.3 Å². The molecule has 2 nitrogen and oxygen atoms in total. The fourth-order valence-electron chi connectivity index (χ4n) is 0.805. The zero-order valence-electron chi connectivity index (χ0n) is 7.77. The second kappa shape index (κ2) is 3.65. The molecule has 5 heteroatoms. The highest BCUT2D eigenvalue weighted by Gasteiger charge is 2.55. The Hall–Kier alpha value is -0.580. The fraction of sp³-hybridized carbons (Fsp3) is 0.875. The van der Waals surface area contributed by atoms with Crippen molar-refractivity contribution >= 4 is 5.78 Å². The molecule has 0 bridgehead atoms. The van der Waals surface area contributed by atoms with Gasteiger partial charge in [-0.25, -0.2) is 0 Å². The second-order valence-electron chi connectivity index (χ2n) is 3.24. The number of ketones is 1. The minimum Gasteiger partial charge on any atom is -0.374 e. The molecular weight excluding hydrogens is 185 g/mol. The summed E-state index contributed by atoms with van der Waals surface area (Å²) in [5.41, 5.74) is -3.22. The topological polar surface area (TPSA) is 37.3 Å². The van der Waals surface area contributed by atoms with Gasteiger partial charge in [-0.3, -0.25) is 4.79 Å². The molecular formula is C8H13F3O2. The summed E-state index contributed by atoms with van der Waals surface area (Å²) < 4.78 is 36.3. The van der Waals surface area contributed by atoms with E-state index in [1.807, 2.05) is 0 Å². The average molecular weight is 198 g/mol. The summed E-state index contributed by atoms with van der Waals surface area (Å²) in [6.45, 7) is 3.44. The van der Waals surface area contributed by atoms with Crippen molar-refractivity contribution in [2.75, 3.05) is 0 Å². The largest absolute Gasteiger partial charge is 0.424 e. The van der Waals surface area contributed by atoms with Gasteiger partial charge in [0.15, 0.2) is 5.78 Å². The van der Waals surface area contributed by atoms with Crippen LogP contribution in [0.3, 0.4) is 0 Å². The van der Waals surface area contributed by atoms with Crippen LogP contribution in [0.25, 0.3) is 0 Å². The summed E-state index contributed by atoms with van der Waals surface area (Å²) in [7, 11) is 0. The molecule has 0 aromatic carbocycles. The van der Waals surface area contributed by atoms with Crippen LogP contribution in [0.1, 0.15) is 27.2 Å². The van der Waals surface area contributed by atoms with Crippen molar-refractivity contribution < 1.29 is 23.1 Å². The lowest BCUT2D eigenvalue weighted by Crippen LogP contribution is -2.51. The number of rotatable bonds is 3. The van der Waals surface area contributed by atoms with Gasteiger partial charge in [-0.1, -0.05) is 13.8 Å². The van der Waals surface area contributed by atoms with E-state index in [0.717, 1.165) is 0 Å². The normalized spacial score (nSPS) is 19.3. The Morgan fingerprint density at radius 2 is 1.85 bits per heavy atom. The van der Waals surface area contributed by atoms with E-state index in [0.29, 0.717) is 6.92 Å². The van der Waals surface area contributed by atoms with Crippen molar-refractivity contribution in [2.24, 2.45) is 5.92 Å². The molecule has 0 fully saturated rings. The third kappa shape index (κ3) is 2.43. The predicted octanol–water partition coefficient (Wildman–Crippen LogP) is 1.91. The summed E-state index contributed by atoms with van der Waals surface area (Å²) in [5, 5.41) is 8.95. The standard InChI is InChI=1S/C8H13F3O2/c1-4-5(2)6(12)7(3,13)8(9,10)11/h5,13H,4H2,1-3H3. The first-order chi connectivity index (χ1) is 5.64. The quantitative estimate of drug-likeness (QED) is 0.752. The molecule has 0 spiro atoms. The molecule has 0 aliphatic carbocycles. The number of carbonyl (C=O) groups excluding carboxylic acids is 1. The highest BCUT2D eigenvalue weighted by molar-refractivity contribution is 5.89. The Balaban J connectivity index is 4.75. The van der Waals surface area contributed by atoms with E-state index < -0.39 is 23.5 Å². The summed E-state index contributed by atoms with van der Waals surface area (Å²) >= 11 is 0. The summed E-state index contributed by atoms with van der Waals surface area (Å²) in [6, 6.07) is 0. The highest BCUT2D eigenvalue weighted by Crippen LogP contribution is 2.33. The Labute approximate surface area is 74.7 Å². The Morgan fingerprint density at radius 3 is 2.08 bits per heavy atom. The van der Waals surface area contributed by atoms with Crippen LogP contribution in [-0.2, 0) is 4.79 Å². The SMILES string of the molecule is CCC(C)C(=O)C(C)(O)C(F)(F)F. The zero-order chi connectivity index (χ0) is 10.9. The van der Waals surface area contributed by atoms with E-state index in [1.54, 1.807) is 6.92 Å². The van der Waals surface area contributed by atoms with E-state index in [2.05, 4.69) is 0 Å². The van der Waals surface area contributed by atoms with E-state index in [1.165, 1.54) is 6.92 Å². The monoisotopic (exact) mass is 198 g/mol. The van der Waals surface area contributed by atoms with Crippen molar-refractivity contribution in [3.05, 3.63) is 0 Å². The number of hydrogen-bond acceptors (Lipinski definition) is 2. The molecule has 0 aliphatic rings. The van der Waals surface area contributed by atoms with Gasteiger partial charge in [0.1, 0.15) is 0 Å². The molecule has 78 valence electrons. The van der Waals surface area contributed by atoms with Gasteiger partial charge in [-0.15, -0.1) is 0 Å². The predicted molar refractivity (Wildman–Crippen MR) is 41.1 cm³/mol. The van der Waals surface area contributed by atoms with Crippen LogP contribution in [0.15, 0.2) is 0 Å². The maximum atomic E-state index is 12.1. The maximum absolute atomic E-state index is 12.1. The number of halogens is 3. The van der Waals surface area contributed by atoms with Gasteiger partial charge in [0.2, 0.25) is 5.60 Å². The molecule has 0 saturated heterocycles. The molecule has 0 aromatic heterocycles. The average Bonchev–Trinajstić information content (AvgIpc) is 1.99. The molecule has 0 saturated carbocycles. The minimum atomic E-state index is -4.90. The summed E-state index contributed by atoms with van der Waals surface area (Å²) in [6.07, 6.45) is -4.61. The van der Waals surface area contributed by atoms with Crippen LogP contribution >= 0.6 is 0 Å². The van der Waals surface area contributed by atoms with Gasteiger partial charge in [0.05, 0.1) is 0 Å². The van der Waals surface area contributed by atoms with E-state index in [-0.39, 0.29) is 6.42 Å². The fourth-order valence-corrected chi connectivity index (χ4v) is 0.805. The third-order valence-corrected chi connectivity index (χ3v) is 2.09. The lowest BCUT2D eigenvalue weighted by molar-refractivity contribution is -0.245. The molecule has 0 aromatic rings. The van der Waals surface area contributed by atoms with E-state index in [4.69, 9.17) is 5.11 Å². The Kier molecular flexibility index (Phi) is 3.49. The van der Waals surface area contributed by atoms with Crippen LogP contribution in [-0.4, -0.2) is 22.7 Å². The Bertz CT molecular complexity index is 196. The zero-order valence-corrected chi connectivity index (χ0v) is 7.77. The van der Waals surface area contributed by atoms with Gasteiger partial charge >= 0.3 is 6.18 Å². The number of hydrogen-bond donors (Lipinski definition) is 1. The van der Waals surface area contributed by atoms with Gasteiger partial charge in [-0.2, -0.15) is 13.2 Å². The van der Waals surface area contributed by atoms with Crippen LogP contribution in [0.2, 0.25) is 0 Å². The van der Waals surface area contributed by atoms with E-state index in [9.17, 15) is 18.0 Å². The van der Waals surface area contributed by atoms with Crippen molar-refractivity contribution in [1.29, 1.82) is 0 Å². The van der Waals surface area contributed by atoms with Gasteiger partial charge in [0.25, 0.3) is 0 Å². The van der Waals surface area contributed by atoms with Crippen LogP contribution in [0, 0.1) is 5.92 Å². The maximum Gasteiger partial charge on any atom is 0.424 e. The smallest absolute Gasteiger partial charge is 0.374 e. The number of aliphatic hydroxyl groups is 1. The van der Waals surface area contributed by atoms with E-state index >= 15 is 0 Å². The molecule has 0 aliphatic heterocycles. The number of alkyl halides is 3. The molecule has 0 radical (unpaired) electrons. The van der Waals surface area contributed by atoms with Crippen molar-refractivity contribution in [2.45, 2.75) is 39.0 Å². The van der Waals surface area contributed by atoms with Crippen LogP contribution in [0.5, 0.6) is 0 Å². The van der Waals surface area contributed by atoms with Crippen molar-refractivity contribution in [3.63, 3.8) is 0 Å². The minimum absolute atomic E-state index is 0.283. The molecule has 2 atom stereocenters. The molecule has 13 heavy (non-hydrogen) atoms. The third-order valence-electron chi connectivity index (χ3n) is 2.09. The lowest BCUT2D eigenvalue weighted by atomic mass is 9.89. The van der Waals surface area contributed by atoms with Gasteiger partial charge in [0, 0.05) is 5.92 Å². The molecule has 0 heterocycles. The van der Waals surface area contributed by atoms with Crippen molar-refractivity contribution in [1.82, 2.24) is 0 Å². The Morgan fingerprint density at radius 1 is 1.46 bits per heavy atom. The first-order valence-electron chi connectivity index (χ1n) is 3.98. The number of Topliss-reactive ketones (excluding diaryl/α,β-unsaturated/α-hetero) is 1. The summed E-state index contributed by atoms with van der Waals surface area (Å²) in [5.74, 6) is -1.96. The molecule has 0 amide bonds. The van der Waals surface area contributed by atoms with Crippen LogP contribution < -0.4 is 0 Å². The van der Waals surface area contributed by atoms with Crippen molar-refractivity contribution in [3.8, 4) is 0 Å². The first kappa shape index (κ1) is 12.4.